The summed E-state index contributed by atoms with van der Waals surface area (Å²) in [6.45, 7) is 1.99. The van der Waals surface area contributed by atoms with E-state index < -0.39 is 0 Å². The molecule has 1 N–H and O–H groups in total. The minimum Gasteiger partial charge on any atom is -0.457 e. The maximum atomic E-state index is 6.02. The van der Waals surface area contributed by atoms with E-state index in [-0.39, 0.29) is 5.89 Å². The van der Waals surface area contributed by atoms with Crippen molar-refractivity contribution in [1.29, 1.82) is 0 Å². The van der Waals surface area contributed by atoms with Gasteiger partial charge in [0.1, 0.15) is 17.2 Å². The summed E-state index contributed by atoms with van der Waals surface area (Å²) in [4.78, 5) is 8.85. The molecular formula is C19H12ClN5O2S. The fourth-order valence-electron chi connectivity index (χ4n) is 2.76. The molecule has 0 radical (unpaired) electrons. The molecule has 0 saturated carbocycles. The lowest BCUT2D eigenvalue weighted by Crippen LogP contribution is -1.86. The number of thiazole rings is 1. The van der Waals surface area contributed by atoms with Crippen molar-refractivity contribution >= 4 is 33.2 Å². The van der Waals surface area contributed by atoms with Crippen molar-refractivity contribution < 1.29 is 9.26 Å². The van der Waals surface area contributed by atoms with Crippen LogP contribution in [-0.4, -0.2) is 25.3 Å². The lowest BCUT2D eigenvalue weighted by molar-refractivity contribution is 0.431. The maximum absolute atomic E-state index is 6.02. The van der Waals surface area contributed by atoms with Gasteiger partial charge in [0.15, 0.2) is 0 Å². The van der Waals surface area contributed by atoms with Gasteiger partial charge in [-0.15, -0.1) is 11.3 Å². The van der Waals surface area contributed by atoms with Gasteiger partial charge in [-0.3, -0.25) is 5.10 Å². The van der Waals surface area contributed by atoms with Gasteiger partial charge in [0.2, 0.25) is 5.82 Å². The Hall–Kier alpha value is -3.23. The molecule has 0 aliphatic carbocycles. The Kier molecular flexibility index (Phi) is 4.07. The molecular weight excluding hydrogens is 398 g/mol. The van der Waals surface area contributed by atoms with E-state index in [1.165, 1.54) is 6.20 Å². The SMILES string of the molecule is Cc1nc2cc(Oc3ccc(-c4noc(-c5[nH]ncc5Cl)n4)cc3)ccc2s1. The first-order valence-electron chi connectivity index (χ1n) is 8.34. The summed E-state index contributed by atoms with van der Waals surface area (Å²) < 4.78 is 12.3. The highest BCUT2D eigenvalue weighted by Crippen LogP contribution is 2.30. The zero-order chi connectivity index (χ0) is 19.1. The molecule has 9 heteroatoms. The van der Waals surface area contributed by atoms with Crippen LogP contribution in [0.4, 0.5) is 0 Å². The van der Waals surface area contributed by atoms with Crippen LogP contribution >= 0.6 is 22.9 Å². The Morgan fingerprint density at radius 3 is 2.68 bits per heavy atom. The smallest absolute Gasteiger partial charge is 0.277 e. The van der Waals surface area contributed by atoms with Crippen molar-refractivity contribution in [3.8, 4) is 34.5 Å². The number of aryl methyl sites for hydroxylation is 1. The van der Waals surface area contributed by atoms with E-state index in [2.05, 4.69) is 25.3 Å². The van der Waals surface area contributed by atoms with E-state index in [0.29, 0.717) is 22.3 Å². The molecule has 3 aromatic heterocycles. The Labute approximate surface area is 168 Å². The van der Waals surface area contributed by atoms with Gasteiger partial charge in [0.25, 0.3) is 5.89 Å². The van der Waals surface area contributed by atoms with Crippen LogP contribution in [0.3, 0.4) is 0 Å². The van der Waals surface area contributed by atoms with Crippen molar-refractivity contribution in [1.82, 2.24) is 25.3 Å². The first-order chi connectivity index (χ1) is 13.7. The highest BCUT2D eigenvalue weighted by atomic mass is 35.5. The molecule has 5 rings (SSSR count). The number of hydrogen-bond acceptors (Lipinski definition) is 7. The molecule has 0 fully saturated rings. The molecule has 0 aliphatic rings. The number of benzene rings is 2. The van der Waals surface area contributed by atoms with Gasteiger partial charge < -0.3 is 9.26 Å². The molecule has 138 valence electrons. The topological polar surface area (TPSA) is 89.7 Å². The molecule has 0 unspecified atom stereocenters. The monoisotopic (exact) mass is 409 g/mol. The first-order valence-corrected chi connectivity index (χ1v) is 9.53. The van der Waals surface area contributed by atoms with E-state index in [0.717, 1.165) is 26.5 Å². The molecule has 28 heavy (non-hydrogen) atoms. The van der Waals surface area contributed by atoms with Crippen LogP contribution in [0.2, 0.25) is 5.02 Å². The lowest BCUT2D eigenvalue weighted by atomic mass is 10.2. The van der Waals surface area contributed by atoms with E-state index in [4.69, 9.17) is 20.9 Å². The molecule has 0 amide bonds. The van der Waals surface area contributed by atoms with Crippen LogP contribution in [0.1, 0.15) is 5.01 Å². The van der Waals surface area contributed by atoms with Crippen molar-refractivity contribution in [2.24, 2.45) is 0 Å². The second-order valence-corrected chi connectivity index (χ2v) is 7.65. The minimum absolute atomic E-state index is 0.282. The van der Waals surface area contributed by atoms with Crippen LogP contribution in [0.5, 0.6) is 11.5 Å². The fourth-order valence-corrected chi connectivity index (χ4v) is 3.74. The average Bonchev–Trinajstić information content (AvgIpc) is 3.41. The van der Waals surface area contributed by atoms with Gasteiger partial charge in [-0.1, -0.05) is 16.8 Å². The quantitative estimate of drug-likeness (QED) is 0.422. The third-order valence-corrected chi connectivity index (χ3v) is 5.29. The van der Waals surface area contributed by atoms with Crippen LogP contribution in [-0.2, 0) is 0 Å². The summed E-state index contributed by atoms with van der Waals surface area (Å²) in [5.74, 6) is 2.17. The highest BCUT2D eigenvalue weighted by molar-refractivity contribution is 7.18. The van der Waals surface area contributed by atoms with Crippen LogP contribution in [0.25, 0.3) is 33.2 Å². The summed E-state index contributed by atoms with van der Waals surface area (Å²) in [5, 5.41) is 12.0. The second kappa shape index (κ2) is 6.74. The van der Waals surface area contributed by atoms with Gasteiger partial charge >= 0.3 is 0 Å². The molecule has 3 heterocycles. The zero-order valence-electron chi connectivity index (χ0n) is 14.5. The third kappa shape index (κ3) is 3.12. The van der Waals surface area contributed by atoms with Gasteiger partial charge in [0, 0.05) is 11.6 Å². The van der Waals surface area contributed by atoms with Crippen LogP contribution in [0.15, 0.2) is 53.2 Å². The van der Waals surface area contributed by atoms with E-state index in [1.807, 2.05) is 49.4 Å². The van der Waals surface area contributed by atoms with Gasteiger partial charge in [0.05, 0.1) is 26.4 Å². The third-order valence-electron chi connectivity index (χ3n) is 4.05. The van der Waals surface area contributed by atoms with Gasteiger partial charge in [-0.2, -0.15) is 10.1 Å². The molecule has 0 aliphatic heterocycles. The van der Waals surface area contributed by atoms with E-state index >= 15 is 0 Å². The van der Waals surface area contributed by atoms with Gasteiger partial charge in [-0.05, 0) is 43.3 Å². The summed E-state index contributed by atoms with van der Waals surface area (Å²) in [5.41, 5.74) is 2.23. The largest absolute Gasteiger partial charge is 0.457 e. The molecule has 0 bridgehead atoms. The van der Waals surface area contributed by atoms with E-state index in [1.54, 1.807) is 11.3 Å². The number of aromatic amines is 1. The van der Waals surface area contributed by atoms with Crippen molar-refractivity contribution in [3.05, 3.63) is 58.7 Å². The number of rotatable bonds is 4. The Morgan fingerprint density at radius 1 is 1.07 bits per heavy atom. The normalized spacial score (nSPS) is 11.2. The maximum Gasteiger partial charge on any atom is 0.277 e. The number of halogens is 1. The number of ether oxygens (including phenoxy) is 1. The van der Waals surface area contributed by atoms with E-state index in [9.17, 15) is 0 Å². The molecule has 2 aromatic carbocycles. The summed E-state index contributed by atoms with van der Waals surface area (Å²) in [7, 11) is 0. The number of hydrogen-bond donors (Lipinski definition) is 1. The predicted octanol–water partition coefficient (Wildman–Crippen LogP) is 5.49. The molecule has 0 spiro atoms. The number of H-pyrrole nitrogens is 1. The number of nitrogens with zero attached hydrogens (tertiary/aromatic N) is 4. The zero-order valence-corrected chi connectivity index (χ0v) is 16.1. The van der Waals surface area contributed by atoms with Crippen molar-refractivity contribution in [2.45, 2.75) is 6.92 Å². The number of fused-ring (bicyclic) bond motifs is 1. The van der Waals surface area contributed by atoms with Gasteiger partial charge in [-0.25, -0.2) is 4.98 Å². The fraction of sp³-hybridized carbons (Fsp3) is 0.0526. The average molecular weight is 410 g/mol. The van der Waals surface area contributed by atoms with Crippen molar-refractivity contribution in [3.63, 3.8) is 0 Å². The highest BCUT2D eigenvalue weighted by Gasteiger charge is 2.15. The number of aromatic nitrogens is 5. The lowest BCUT2D eigenvalue weighted by Gasteiger charge is -2.05. The molecule has 7 nitrogen and oxygen atoms in total. The summed E-state index contributed by atoms with van der Waals surface area (Å²) >= 11 is 7.69. The van der Waals surface area contributed by atoms with Crippen LogP contribution in [0, 0.1) is 6.92 Å². The molecule has 0 atom stereocenters. The Bertz CT molecular complexity index is 1280. The summed E-state index contributed by atoms with van der Waals surface area (Å²) in [6.07, 6.45) is 1.48. The Balaban J connectivity index is 1.36. The van der Waals surface area contributed by atoms with Crippen molar-refractivity contribution in [2.75, 3.05) is 0 Å². The number of nitrogens with one attached hydrogen (secondary N) is 1. The Morgan fingerprint density at radius 2 is 1.89 bits per heavy atom. The first kappa shape index (κ1) is 16.9. The van der Waals surface area contributed by atoms with Crippen LogP contribution < -0.4 is 4.74 Å². The summed E-state index contributed by atoms with van der Waals surface area (Å²) in [6, 6.07) is 13.3. The standard InChI is InChI=1S/C19H12ClN5O2S/c1-10-22-15-8-13(6-7-16(15)28-10)26-12-4-2-11(3-5-12)18-23-19(27-25-18)17-14(20)9-21-24-17/h2-9H,1H3,(H,21,24). The minimum atomic E-state index is 0.282. The molecule has 5 aromatic rings. The second-order valence-electron chi connectivity index (χ2n) is 6.00. The predicted molar refractivity (Wildman–Crippen MR) is 107 cm³/mol. The molecule has 0 saturated heterocycles.